The Labute approximate surface area is 160 Å². The van der Waals surface area contributed by atoms with Crippen molar-refractivity contribution in [1.82, 2.24) is 4.90 Å². The first-order valence-corrected chi connectivity index (χ1v) is 8.11. The van der Waals surface area contributed by atoms with Crippen LogP contribution in [0.2, 0.25) is 5.02 Å². The lowest BCUT2D eigenvalue weighted by Gasteiger charge is -2.22. The molecule has 25 heavy (non-hydrogen) atoms. The molecular formula is C19H23Cl2NO3. The summed E-state index contributed by atoms with van der Waals surface area (Å²) >= 11 is 5.91. The summed E-state index contributed by atoms with van der Waals surface area (Å²) in [6.07, 6.45) is -0.330. The van der Waals surface area contributed by atoms with Crippen molar-refractivity contribution >= 4 is 30.0 Å². The van der Waals surface area contributed by atoms with E-state index in [1.54, 1.807) is 18.2 Å². The second-order valence-corrected chi connectivity index (χ2v) is 6.29. The summed E-state index contributed by atoms with van der Waals surface area (Å²) in [5.41, 5.74) is 1.84. The molecule has 0 amide bonds. The number of carbonyl (C=O) groups is 1. The number of rotatable bonds is 7. The Morgan fingerprint density at radius 2 is 1.84 bits per heavy atom. The minimum atomic E-state index is -0.403. The predicted molar refractivity (Wildman–Crippen MR) is 103 cm³/mol. The highest BCUT2D eigenvalue weighted by Gasteiger charge is 2.18. The van der Waals surface area contributed by atoms with Crippen LogP contribution in [0.3, 0.4) is 0 Å². The number of esters is 1. The van der Waals surface area contributed by atoms with Gasteiger partial charge < -0.3 is 14.4 Å². The van der Waals surface area contributed by atoms with E-state index in [9.17, 15) is 4.79 Å². The summed E-state index contributed by atoms with van der Waals surface area (Å²) in [7, 11) is 3.88. The van der Waals surface area contributed by atoms with Gasteiger partial charge in [0, 0.05) is 11.6 Å². The van der Waals surface area contributed by atoms with Crippen LogP contribution in [-0.2, 0) is 9.53 Å². The lowest BCUT2D eigenvalue weighted by atomic mass is 10.1. The normalized spacial score (nSPS) is 11.6. The lowest BCUT2D eigenvalue weighted by molar-refractivity contribution is -0.152. The Morgan fingerprint density at radius 1 is 1.16 bits per heavy atom. The molecule has 0 spiro atoms. The monoisotopic (exact) mass is 383 g/mol. The standard InChI is InChI=1S/C19H22ClNO3.ClH/c1-14-11-16(20)9-10-17(14)23-13-19(22)24-18(12-21(2)3)15-7-5-4-6-8-15;/h4-11,18H,12-13H2,1-3H3;1H. The molecule has 0 aliphatic carbocycles. The average Bonchev–Trinajstić information content (AvgIpc) is 2.54. The van der Waals surface area contributed by atoms with E-state index in [0.29, 0.717) is 17.3 Å². The van der Waals surface area contributed by atoms with Crippen molar-refractivity contribution in [3.8, 4) is 5.75 Å². The molecule has 0 saturated carbocycles. The van der Waals surface area contributed by atoms with Gasteiger partial charge in [0.05, 0.1) is 0 Å². The molecule has 0 aliphatic heterocycles. The van der Waals surface area contributed by atoms with E-state index >= 15 is 0 Å². The van der Waals surface area contributed by atoms with Crippen LogP contribution in [0.5, 0.6) is 5.75 Å². The molecule has 0 saturated heterocycles. The number of aryl methyl sites for hydroxylation is 1. The quantitative estimate of drug-likeness (QED) is 0.668. The molecule has 0 N–H and O–H groups in total. The van der Waals surface area contributed by atoms with Gasteiger partial charge in [-0.1, -0.05) is 41.9 Å². The number of carbonyl (C=O) groups excluding carboxylic acids is 1. The average molecular weight is 384 g/mol. The maximum atomic E-state index is 12.2. The molecule has 0 bridgehead atoms. The summed E-state index contributed by atoms with van der Waals surface area (Å²) < 4.78 is 11.1. The molecule has 136 valence electrons. The zero-order valence-corrected chi connectivity index (χ0v) is 16.1. The topological polar surface area (TPSA) is 38.8 Å². The molecule has 2 rings (SSSR count). The molecule has 0 heterocycles. The highest BCUT2D eigenvalue weighted by molar-refractivity contribution is 6.30. The SMILES string of the molecule is Cc1cc(Cl)ccc1OCC(=O)OC(CN(C)C)c1ccccc1.Cl. The molecule has 1 atom stereocenters. The van der Waals surface area contributed by atoms with E-state index in [0.717, 1.165) is 11.1 Å². The first-order chi connectivity index (χ1) is 11.5. The van der Waals surface area contributed by atoms with Crippen molar-refractivity contribution in [2.24, 2.45) is 0 Å². The van der Waals surface area contributed by atoms with Crippen molar-refractivity contribution in [3.05, 3.63) is 64.7 Å². The van der Waals surface area contributed by atoms with Crippen LogP contribution in [0.25, 0.3) is 0 Å². The van der Waals surface area contributed by atoms with Gasteiger partial charge in [-0.05, 0) is 50.3 Å². The van der Waals surface area contributed by atoms with Crippen LogP contribution in [0.1, 0.15) is 17.2 Å². The van der Waals surface area contributed by atoms with Gasteiger partial charge >= 0.3 is 5.97 Å². The first-order valence-electron chi connectivity index (χ1n) is 7.74. The van der Waals surface area contributed by atoms with Gasteiger partial charge in [0.1, 0.15) is 11.9 Å². The molecule has 4 nitrogen and oxygen atoms in total. The van der Waals surface area contributed by atoms with Crippen LogP contribution in [0.15, 0.2) is 48.5 Å². The lowest BCUT2D eigenvalue weighted by Crippen LogP contribution is -2.26. The van der Waals surface area contributed by atoms with Gasteiger partial charge in [0.2, 0.25) is 0 Å². The van der Waals surface area contributed by atoms with Crippen LogP contribution in [-0.4, -0.2) is 38.1 Å². The van der Waals surface area contributed by atoms with Crippen LogP contribution in [0, 0.1) is 6.92 Å². The summed E-state index contributed by atoms with van der Waals surface area (Å²) in [5, 5.41) is 0.637. The third-order valence-corrected chi connectivity index (χ3v) is 3.69. The maximum absolute atomic E-state index is 12.2. The Balaban J connectivity index is 0.00000312. The van der Waals surface area contributed by atoms with Crippen LogP contribution in [0.4, 0.5) is 0 Å². The highest BCUT2D eigenvalue weighted by atomic mass is 35.5. The minimum absolute atomic E-state index is 0. The van der Waals surface area contributed by atoms with Gasteiger partial charge in [-0.2, -0.15) is 0 Å². The van der Waals surface area contributed by atoms with Crippen LogP contribution < -0.4 is 4.74 Å². The van der Waals surface area contributed by atoms with Crippen molar-refractivity contribution in [3.63, 3.8) is 0 Å². The number of ether oxygens (including phenoxy) is 2. The van der Waals surface area contributed by atoms with E-state index < -0.39 is 5.97 Å². The van der Waals surface area contributed by atoms with Crippen LogP contribution >= 0.6 is 24.0 Å². The molecule has 0 aromatic heterocycles. The van der Waals surface area contributed by atoms with Crippen molar-refractivity contribution in [1.29, 1.82) is 0 Å². The predicted octanol–water partition coefficient (Wildman–Crippen LogP) is 4.30. The fraction of sp³-hybridized carbons (Fsp3) is 0.316. The maximum Gasteiger partial charge on any atom is 0.344 e. The molecule has 0 radical (unpaired) electrons. The minimum Gasteiger partial charge on any atom is -0.482 e. The molecule has 6 heteroatoms. The van der Waals surface area contributed by atoms with Crippen molar-refractivity contribution in [2.75, 3.05) is 27.2 Å². The largest absolute Gasteiger partial charge is 0.482 e. The Kier molecular flexibility index (Phi) is 8.76. The van der Waals surface area contributed by atoms with Gasteiger partial charge in [-0.3, -0.25) is 0 Å². The smallest absolute Gasteiger partial charge is 0.344 e. The van der Waals surface area contributed by atoms with Crippen molar-refractivity contribution in [2.45, 2.75) is 13.0 Å². The van der Waals surface area contributed by atoms with Gasteiger partial charge in [-0.25, -0.2) is 4.79 Å². The number of nitrogens with zero attached hydrogens (tertiary/aromatic N) is 1. The van der Waals surface area contributed by atoms with E-state index in [4.69, 9.17) is 21.1 Å². The van der Waals surface area contributed by atoms with E-state index in [-0.39, 0.29) is 25.1 Å². The zero-order valence-electron chi connectivity index (χ0n) is 14.6. The van der Waals surface area contributed by atoms with E-state index in [1.807, 2.05) is 56.3 Å². The number of likely N-dealkylation sites (N-methyl/N-ethyl adjacent to an activating group) is 1. The fourth-order valence-corrected chi connectivity index (χ4v) is 2.54. The van der Waals surface area contributed by atoms with Gasteiger partial charge in [0.15, 0.2) is 6.61 Å². The second kappa shape index (κ2) is 10.3. The third kappa shape index (κ3) is 6.94. The molecule has 2 aromatic rings. The molecule has 0 aliphatic rings. The Bertz CT molecular complexity index is 678. The van der Waals surface area contributed by atoms with E-state index in [2.05, 4.69) is 0 Å². The summed E-state index contributed by atoms with van der Waals surface area (Å²) in [6, 6.07) is 15.0. The number of hydrogen-bond acceptors (Lipinski definition) is 4. The number of halogens is 2. The second-order valence-electron chi connectivity index (χ2n) is 5.85. The third-order valence-electron chi connectivity index (χ3n) is 3.46. The number of benzene rings is 2. The summed E-state index contributed by atoms with van der Waals surface area (Å²) in [5.74, 6) is 0.222. The molecular weight excluding hydrogens is 361 g/mol. The van der Waals surface area contributed by atoms with Gasteiger partial charge in [-0.15, -0.1) is 12.4 Å². The summed E-state index contributed by atoms with van der Waals surface area (Å²) in [4.78, 5) is 14.1. The molecule has 0 fully saturated rings. The molecule has 2 aromatic carbocycles. The number of hydrogen-bond donors (Lipinski definition) is 0. The molecule has 1 unspecified atom stereocenters. The van der Waals surface area contributed by atoms with Crippen molar-refractivity contribution < 1.29 is 14.3 Å². The fourth-order valence-electron chi connectivity index (χ4n) is 2.31. The van der Waals surface area contributed by atoms with Gasteiger partial charge in [0.25, 0.3) is 0 Å². The zero-order chi connectivity index (χ0) is 17.5. The van der Waals surface area contributed by atoms with E-state index in [1.165, 1.54) is 0 Å². The Morgan fingerprint density at radius 3 is 2.44 bits per heavy atom. The Hall–Kier alpha value is -1.75. The first kappa shape index (κ1) is 21.3. The summed E-state index contributed by atoms with van der Waals surface area (Å²) in [6.45, 7) is 2.35. The highest BCUT2D eigenvalue weighted by Crippen LogP contribution is 2.22.